The Kier molecular flexibility index (Phi) is 5.80. The number of aliphatic hydroxyl groups is 1. The standard InChI is InChI=1S/C23H20N4O3/c28-20(13-21(29)23-25-15-26-27-23)22-19(12-17-8-10-24-11-9-17)18(14-30-22)7-6-16-4-2-1-3-5-16/h1-5,8-11,13-15,29H,6-7,12H2,(H,25,26,27). The van der Waals surface area contributed by atoms with Gasteiger partial charge >= 0.3 is 0 Å². The third kappa shape index (κ3) is 4.52. The van der Waals surface area contributed by atoms with Crippen LogP contribution in [0.1, 0.15) is 38.6 Å². The van der Waals surface area contributed by atoms with Crippen LogP contribution in [-0.2, 0) is 19.3 Å². The number of pyridine rings is 1. The zero-order valence-electron chi connectivity index (χ0n) is 16.2. The first kappa shape index (κ1) is 19.3. The highest BCUT2D eigenvalue weighted by Crippen LogP contribution is 2.24. The Bertz CT molecular complexity index is 1130. The van der Waals surface area contributed by atoms with Crippen LogP contribution in [0.15, 0.2) is 77.9 Å². The highest BCUT2D eigenvalue weighted by atomic mass is 16.3. The van der Waals surface area contributed by atoms with Gasteiger partial charge in [-0.25, -0.2) is 4.98 Å². The zero-order valence-corrected chi connectivity index (χ0v) is 16.2. The number of nitrogens with one attached hydrogen (secondary N) is 1. The second-order valence-corrected chi connectivity index (χ2v) is 6.80. The first-order valence-corrected chi connectivity index (χ1v) is 9.54. The lowest BCUT2D eigenvalue weighted by atomic mass is 9.96. The largest absolute Gasteiger partial charge is 0.504 e. The first-order chi connectivity index (χ1) is 14.7. The average molecular weight is 400 g/mol. The van der Waals surface area contributed by atoms with Crippen molar-refractivity contribution in [3.8, 4) is 0 Å². The number of aryl methyl sites for hydroxylation is 2. The number of hydrogen-bond donors (Lipinski definition) is 2. The van der Waals surface area contributed by atoms with Gasteiger partial charge in [0.1, 0.15) is 6.33 Å². The highest BCUT2D eigenvalue weighted by molar-refractivity contribution is 6.06. The van der Waals surface area contributed by atoms with Crippen LogP contribution in [0.2, 0.25) is 0 Å². The summed E-state index contributed by atoms with van der Waals surface area (Å²) in [7, 11) is 0. The summed E-state index contributed by atoms with van der Waals surface area (Å²) in [5.41, 5.74) is 4.00. The van der Waals surface area contributed by atoms with Crippen LogP contribution >= 0.6 is 0 Å². The molecule has 7 heteroatoms. The van der Waals surface area contributed by atoms with Crippen molar-refractivity contribution in [2.24, 2.45) is 0 Å². The fraction of sp³-hybridized carbons (Fsp3) is 0.130. The van der Waals surface area contributed by atoms with Crippen LogP contribution in [0.4, 0.5) is 0 Å². The predicted molar refractivity (Wildman–Crippen MR) is 111 cm³/mol. The van der Waals surface area contributed by atoms with Gasteiger partial charge in [-0.3, -0.25) is 14.9 Å². The summed E-state index contributed by atoms with van der Waals surface area (Å²) < 4.78 is 5.67. The van der Waals surface area contributed by atoms with Crippen LogP contribution in [0.3, 0.4) is 0 Å². The van der Waals surface area contributed by atoms with Crippen molar-refractivity contribution in [3.05, 3.63) is 107 Å². The fourth-order valence-electron chi connectivity index (χ4n) is 3.24. The molecule has 2 N–H and O–H groups in total. The molecule has 4 aromatic rings. The summed E-state index contributed by atoms with van der Waals surface area (Å²) in [6, 6.07) is 14.0. The van der Waals surface area contributed by atoms with E-state index in [2.05, 4.69) is 32.3 Å². The molecule has 0 amide bonds. The number of ketones is 1. The van der Waals surface area contributed by atoms with Crippen molar-refractivity contribution in [3.63, 3.8) is 0 Å². The SMILES string of the molecule is O=C(C=C(O)c1nc[nH]n1)c1occ(CCc2ccccc2)c1Cc1ccncc1. The Labute approximate surface area is 173 Å². The van der Waals surface area contributed by atoms with Crippen molar-refractivity contribution in [2.45, 2.75) is 19.3 Å². The Morgan fingerprint density at radius 2 is 1.87 bits per heavy atom. The normalized spacial score (nSPS) is 11.5. The average Bonchev–Trinajstić information content (AvgIpc) is 3.44. The van der Waals surface area contributed by atoms with Gasteiger partial charge in [-0.1, -0.05) is 30.3 Å². The van der Waals surface area contributed by atoms with Gasteiger partial charge in [0, 0.05) is 30.5 Å². The van der Waals surface area contributed by atoms with Crippen molar-refractivity contribution in [2.75, 3.05) is 0 Å². The van der Waals surface area contributed by atoms with Crippen molar-refractivity contribution in [1.82, 2.24) is 20.2 Å². The van der Waals surface area contributed by atoms with Crippen LogP contribution in [0, 0.1) is 0 Å². The molecule has 0 aliphatic heterocycles. The molecule has 30 heavy (non-hydrogen) atoms. The van der Waals surface area contributed by atoms with E-state index in [4.69, 9.17) is 4.42 Å². The van der Waals surface area contributed by atoms with Gasteiger partial charge in [0.25, 0.3) is 0 Å². The van der Waals surface area contributed by atoms with E-state index in [0.29, 0.717) is 6.42 Å². The van der Waals surface area contributed by atoms with E-state index in [1.54, 1.807) is 18.7 Å². The maximum Gasteiger partial charge on any atom is 0.225 e. The number of rotatable bonds is 8. The fourth-order valence-corrected chi connectivity index (χ4v) is 3.24. The lowest BCUT2D eigenvalue weighted by Crippen LogP contribution is -2.03. The van der Waals surface area contributed by atoms with Gasteiger partial charge < -0.3 is 9.52 Å². The minimum Gasteiger partial charge on any atom is -0.504 e. The summed E-state index contributed by atoms with van der Waals surface area (Å²) >= 11 is 0. The summed E-state index contributed by atoms with van der Waals surface area (Å²) in [6.07, 6.45) is 9.56. The maximum absolute atomic E-state index is 12.8. The summed E-state index contributed by atoms with van der Waals surface area (Å²) in [5.74, 6) is -0.502. The Morgan fingerprint density at radius 3 is 2.60 bits per heavy atom. The van der Waals surface area contributed by atoms with E-state index in [1.165, 1.54) is 11.9 Å². The number of aromatic nitrogens is 4. The van der Waals surface area contributed by atoms with Crippen molar-refractivity contribution in [1.29, 1.82) is 0 Å². The van der Waals surface area contributed by atoms with Crippen molar-refractivity contribution >= 4 is 11.5 Å². The van der Waals surface area contributed by atoms with Crippen molar-refractivity contribution < 1.29 is 14.3 Å². The predicted octanol–water partition coefficient (Wildman–Crippen LogP) is 3.95. The number of nitrogens with zero attached hydrogens (tertiary/aromatic N) is 3. The van der Waals surface area contributed by atoms with E-state index in [1.807, 2.05) is 30.3 Å². The second-order valence-electron chi connectivity index (χ2n) is 6.80. The second kappa shape index (κ2) is 9.00. The molecule has 3 heterocycles. The number of H-pyrrole nitrogens is 1. The topological polar surface area (TPSA) is 105 Å². The number of carbonyl (C=O) groups is 1. The molecule has 4 rings (SSSR count). The molecule has 3 aromatic heterocycles. The molecular formula is C23H20N4O3. The minimum absolute atomic E-state index is 0.0508. The van der Waals surface area contributed by atoms with E-state index in [9.17, 15) is 9.90 Å². The number of allylic oxidation sites excluding steroid dienone is 1. The van der Waals surface area contributed by atoms with E-state index < -0.39 is 5.78 Å². The van der Waals surface area contributed by atoms with Gasteiger partial charge in [0.2, 0.25) is 11.6 Å². The molecule has 0 radical (unpaired) electrons. The molecule has 150 valence electrons. The Morgan fingerprint density at radius 1 is 1.07 bits per heavy atom. The maximum atomic E-state index is 12.8. The molecule has 0 spiro atoms. The molecular weight excluding hydrogens is 380 g/mol. The summed E-state index contributed by atoms with van der Waals surface area (Å²) in [6.45, 7) is 0. The molecule has 0 saturated carbocycles. The first-order valence-electron chi connectivity index (χ1n) is 9.54. The van der Waals surface area contributed by atoms with Gasteiger partial charge in [-0.05, 0) is 41.7 Å². The third-order valence-corrected chi connectivity index (χ3v) is 4.77. The lowest BCUT2D eigenvalue weighted by molar-refractivity contribution is 0.102. The number of carbonyl (C=O) groups excluding carboxylic acids is 1. The molecule has 0 unspecified atom stereocenters. The van der Waals surface area contributed by atoms with Crippen LogP contribution in [0.5, 0.6) is 0 Å². The zero-order chi connectivity index (χ0) is 20.8. The molecule has 7 nitrogen and oxygen atoms in total. The number of furan rings is 1. The van der Waals surface area contributed by atoms with Gasteiger partial charge in [0.05, 0.1) is 6.26 Å². The monoisotopic (exact) mass is 400 g/mol. The Hall–Kier alpha value is -4.00. The van der Waals surface area contributed by atoms with Crippen LogP contribution in [0.25, 0.3) is 5.76 Å². The van der Waals surface area contributed by atoms with Gasteiger partial charge in [-0.2, -0.15) is 5.10 Å². The minimum atomic E-state index is -0.438. The summed E-state index contributed by atoms with van der Waals surface area (Å²) in [4.78, 5) is 20.7. The molecule has 0 bridgehead atoms. The number of aliphatic hydroxyl groups excluding tert-OH is 1. The smallest absolute Gasteiger partial charge is 0.225 e. The Balaban J connectivity index is 1.63. The molecule has 0 atom stereocenters. The number of hydrogen-bond acceptors (Lipinski definition) is 6. The van der Waals surface area contributed by atoms with Crippen LogP contribution in [-0.4, -0.2) is 31.1 Å². The van der Waals surface area contributed by atoms with Crippen LogP contribution < -0.4 is 0 Å². The molecule has 0 saturated heterocycles. The quantitative estimate of drug-likeness (QED) is 0.264. The molecule has 0 fully saturated rings. The lowest BCUT2D eigenvalue weighted by Gasteiger charge is -2.06. The van der Waals surface area contributed by atoms with E-state index in [-0.39, 0.29) is 17.3 Å². The molecule has 0 aliphatic carbocycles. The highest BCUT2D eigenvalue weighted by Gasteiger charge is 2.20. The van der Waals surface area contributed by atoms with Gasteiger partial charge in [0.15, 0.2) is 11.5 Å². The van der Waals surface area contributed by atoms with E-state index in [0.717, 1.165) is 35.6 Å². The van der Waals surface area contributed by atoms with Gasteiger partial charge in [-0.15, -0.1) is 0 Å². The molecule has 1 aromatic carbocycles. The van der Waals surface area contributed by atoms with E-state index >= 15 is 0 Å². The number of aromatic amines is 1. The summed E-state index contributed by atoms with van der Waals surface area (Å²) in [5, 5.41) is 16.4. The third-order valence-electron chi connectivity index (χ3n) is 4.77. The number of benzene rings is 1. The molecule has 0 aliphatic rings.